The van der Waals surface area contributed by atoms with Gasteiger partial charge in [-0.1, -0.05) is 12.1 Å². The second-order valence-electron chi connectivity index (χ2n) is 5.00. The van der Waals surface area contributed by atoms with Crippen molar-refractivity contribution in [2.24, 2.45) is 0 Å². The van der Waals surface area contributed by atoms with Crippen LogP contribution in [0, 0.1) is 0 Å². The fourth-order valence-electron chi connectivity index (χ4n) is 2.31. The molecule has 0 atom stereocenters. The summed E-state index contributed by atoms with van der Waals surface area (Å²) in [5.41, 5.74) is 3.51. The molecule has 22 heavy (non-hydrogen) atoms. The van der Waals surface area contributed by atoms with Crippen molar-refractivity contribution in [1.82, 2.24) is 4.98 Å². The van der Waals surface area contributed by atoms with Gasteiger partial charge in [0.15, 0.2) is 18.9 Å². The Balaban J connectivity index is 1.79. The molecule has 1 aromatic carbocycles. The molecule has 4 nitrogen and oxygen atoms in total. The molecule has 108 valence electrons. The van der Waals surface area contributed by atoms with Crippen LogP contribution >= 0.6 is 0 Å². The zero-order chi connectivity index (χ0) is 15.4. The second-order valence-corrected chi connectivity index (χ2v) is 5.00. The van der Waals surface area contributed by atoms with Gasteiger partial charge in [-0.2, -0.15) is 0 Å². The van der Waals surface area contributed by atoms with E-state index in [9.17, 15) is 4.79 Å². The average Bonchev–Trinajstić information content (AvgIpc) is 2.56. The van der Waals surface area contributed by atoms with Crippen molar-refractivity contribution in [3.05, 3.63) is 84.4 Å². The predicted molar refractivity (Wildman–Crippen MR) is 82.4 cm³/mol. The number of carboxylic acids is 1. The van der Waals surface area contributed by atoms with Gasteiger partial charge in [0.25, 0.3) is 0 Å². The van der Waals surface area contributed by atoms with Crippen LogP contribution in [0.2, 0.25) is 0 Å². The van der Waals surface area contributed by atoms with E-state index in [1.165, 1.54) is 0 Å². The molecule has 0 spiro atoms. The number of benzene rings is 1. The number of hydrogen-bond acceptors (Lipinski definition) is 2. The number of aromatic nitrogens is 2. The SMILES string of the molecule is O=C(O)c1cccc(C[n+]2ccc(-c3ccncc3)cc2)c1. The van der Waals surface area contributed by atoms with Crippen LogP contribution in [-0.2, 0) is 6.54 Å². The Morgan fingerprint density at radius 1 is 1.00 bits per heavy atom. The standard InChI is InChI=1S/C18H14N2O2/c21-18(22)17-3-1-2-14(12-17)13-20-10-6-16(7-11-20)15-4-8-19-9-5-15/h1-12H,13H2/p+1. The van der Waals surface area contributed by atoms with Gasteiger partial charge in [-0.3, -0.25) is 4.98 Å². The number of rotatable bonds is 4. The number of aromatic carboxylic acids is 1. The van der Waals surface area contributed by atoms with Crippen molar-refractivity contribution in [2.75, 3.05) is 0 Å². The quantitative estimate of drug-likeness (QED) is 0.752. The highest BCUT2D eigenvalue weighted by Crippen LogP contribution is 2.15. The third-order valence-corrected chi connectivity index (χ3v) is 3.44. The summed E-state index contributed by atoms with van der Waals surface area (Å²) in [5.74, 6) is -0.903. The maximum atomic E-state index is 11.0. The van der Waals surface area contributed by atoms with E-state index < -0.39 is 5.97 Å². The summed E-state index contributed by atoms with van der Waals surface area (Å²) >= 11 is 0. The average molecular weight is 291 g/mol. The molecule has 0 bridgehead atoms. The lowest BCUT2D eigenvalue weighted by Gasteiger charge is -2.02. The highest BCUT2D eigenvalue weighted by Gasteiger charge is 2.07. The number of hydrogen-bond donors (Lipinski definition) is 1. The Bertz CT molecular complexity index is 784. The highest BCUT2D eigenvalue weighted by molar-refractivity contribution is 5.87. The lowest BCUT2D eigenvalue weighted by Crippen LogP contribution is -2.33. The van der Waals surface area contributed by atoms with E-state index in [0.29, 0.717) is 12.1 Å². The Morgan fingerprint density at radius 2 is 1.68 bits per heavy atom. The number of carboxylic acid groups (broad SMARTS) is 1. The first kappa shape index (κ1) is 13.9. The normalized spacial score (nSPS) is 10.4. The first-order valence-corrected chi connectivity index (χ1v) is 6.94. The summed E-state index contributed by atoms with van der Waals surface area (Å²) in [7, 11) is 0. The molecule has 0 radical (unpaired) electrons. The van der Waals surface area contributed by atoms with E-state index in [2.05, 4.69) is 4.98 Å². The van der Waals surface area contributed by atoms with Crippen molar-refractivity contribution in [1.29, 1.82) is 0 Å². The molecule has 2 heterocycles. The summed E-state index contributed by atoms with van der Waals surface area (Å²) in [6.07, 6.45) is 7.52. The molecule has 2 aromatic heterocycles. The van der Waals surface area contributed by atoms with Gasteiger partial charge in [-0.15, -0.1) is 0 Å². The van der Waals surface area contributed by atoms with Crippen molar-refractivity contribution in [2.45, 2.75) is 6.54 Å². The van der Waals surface area contributed by atoms with Crippen LogP contribution in [0.4, 0.5) is 0 Å². The molecule has 0 unspecified atom stereocenters. The fourth-order valence-corrected chi connectivity index (χ4v) is 2.31. The number of pyridine rings is 2. The van der Waals surface area contributed by atoms with Gasteiger partial charge in [0.1, 0.15) is 0 Å². The first-order valence-electron chi connectivity index (χ1n) is 6.94. The summed E-state index contributed by atoms with van der Waals surface area (Å²) in [4.78, 5) is 15.0. The van der Waals surface area contributed by atoms with E-state index in [-0.39, 0.29) is 0 Å². The smallest absolute Gasteiger partial charge is 0.335 e. The molecular weight excluding hydrogens is 276 g/mol. The van der Waals surface area contributed by atoms with Crippen molar-refractivity contribution in [3.63, 3.8) is 0 Å². The molecular formula is C18H15N2O2+. The van der Waals surface area contributed by atoms with Crippen LogP contribution in [0.3, 0.4) is 0 Å². The maximum absolute atomic E-state index is 11.0. The second kappa shape index (κ2) is 6.18. The van der Waals surface area contributed by atoms with E-state index in [4.69, 9.17) is 5.11 Å². The minimum absolute atomic E-state index is 0.312. The van der Waals surface area contributed by atoms with Crippen LogP contribution in [0.1, 0.15) is 15.9 Å². The van der Waals surface area contributed by atoms with Crippen LogP contribution in [0.25, 0.3) is 11.1 Å². The Kier molecular flexibility index (Phi) is 3.92. The highest BCUT2D eigenvalue weighted by atomic mass is 16.4. The molecule has 3 rings (SSSR count). The van der Waals surface area contributed by atoms with Crippen LogP contribution < -0.4 is 4.57 Å². The third-order valence-electron chi connectivity index (χ3n) is 3.44. The summed E-state index contributed by atoms with van der Waals surface area (Å²) in [6, 6.07) is 15.0. The predicted octanol–water partition coefficient (Wildman–Crippen LogP) is 2.78. The minimum Gasteiger partial charge on any atom is -0.478 e. The van der Waals surface area contributed by atoms with Crippen molar-refractivity contribution in [3.8, 4) is 11.1 Å². The lowest BCUT2D eigenvalue weighted by atomic mass is 10.1. The van der Waals surface area contributed by atoms with Gasteiger partial charge >= 0.3 is 5.97 Å². The maximum Gasteiger partial charge on any atom is 0.335 e. The topological polar surface area (TPSA) is 54.1 Å². The molecule has 3 aromatic rings. The van der Waals surface area contributed by atoms with Crippen LogP contribution in [0.5, 0.6) is 0 Å². The molecule has 0 amide bonds. The number of carbonyl (C=O) groups is 1. The van der Waals surface area contributed by atoms with Crippen molar-refractivity contribution < 1.29 is 14.5 Å². The molecule has 0 saturated carbocycles. The lowest BCUT2D eigenvalue weighted by molar-refractivity contribution is -0.688. The third kappa shape index (κ3) is 3.17. The van der Waals surface area contributed by atoms with Gasteiger partial charge in [0, 0.05) is 30.1 Å². The molecule has 0 aliphatic carbocycles. The molecule has 0 saturated heterocycles. The zero-order valence-electron chi connectivity index (χ0n) is 11.9. The van der Waals surface area contributed by atoms with E-state index in [1.807, 2.05) is 47.3 Å². The molecule has 0 aliphatic heterocycles. The molecule has 0 aliphatic rings. The zero-order valence-corrected chi connectivity index (χ0v) is 11.9. The monoisotopic (exact) mass is 291 g/mol. The van der Waals surface area contributed by atoms with E-state index in [0.717, 1.165) is 16.7 Å². The summed E-state index contributed by atoms with van der Waals surface area (Å²) in [6.45, 7) is 0.637. The first-order chi connectivity index (χ1) is 10.7. The van der Waals surface area contributed by atoms with Crippen molar-refractivity contribution >= 4 is 5.97 Å². The Hall–Kier alpha value is -3.01. The molecule has 0 fully saturated rings. The van der Waals surface area contributed by atoms with Crippen LogP contribution in [0.15, 0.2) is 73.3 Å². The van der Waals surface area contributed by atoms with Gasteiger partial charge in [-0.25, -0.2) is 9.36 Å². The van der Waals surface area contributed by atoms with Gasteiger partial charge in [0.2, 0.25) is 0 Å². The van der Waals surface area contributed by atoms with Gasteiger partial charge < -0.3 is 5.11 Å². The van der Waals surface area contributed by atoms with E-state index >= 15 is 0 Å². The Morgan fingerprint density at radius 3 is 2.36 bits per heavy atom. The Labute approximate surface area is 128 Å². The largest absolute Gasteiger partial charge is 0.478 e. The molecule has 1 N–H and O–H groups in total. The van der Waals surface area contributed by atoms with Crippen LogP contribution in [-0.4, -0.2) is 16.1 Å². The summed E-state index contributed by atoms with van der Waals surface area (Å²) < 4.78 is 2.02. The summed E-state index contributed by atoms with van der Waals surface area (Å²) in [5, 5.41) is 9.03. The fraction of sp³-hybridized carbons (Fsp3) is 0.0556. The van der Waals surface area contributed by atoms with Gasteiger partial charge in [0.05, 0.1) is 5.56 Å². The molecule has 4 heteroatoms. The minimum atomic E-state index is -0.903. The van der Waals surface area contributed by atoms with E-state index in [1.54, 1.807) is 30.6 Å². The number of nitrogens with zero attached hydrogens (tertiary/aromatic N) is 2. The van der Waals surface area contributed by atoms with Gasteiger partial charge in [-0.05, 0) is 35.4 Å².